The van der Waals surface area contributed by atoms with E-state index >= 15 is 0 Å². The zero-order valence-corrected chi connectivity index (χ0v) is 17.6. The monoisotopic (exact) mass is 426 g/mol. The number of hydrogen-bond donors (Lipinski definition) is 1. The van der Waals surface area contributed by atoms with Crippen molar-refractivity contribution in [3.05, 3.63) is 63.1 Å². The van der Waals surface area contributed by atoms with E-state index in [4.69, 9.17) is 4.74 Å². The van der Waals surface area contributed by atoms with E-state index in [2.05, 4.69) is 35.1 Å². The predicted octanol–water partition coefficient (Wildman–Crippen LogP) is 5.83. The molecule has 0 atom stereocenters. The molecule has 0 aliphatic heterocycles. The number of ether oxygens (including phenoxy) is 1. The first-order valence-corrected chi connectivity index (χ1v) is 9.61. The van der Waals surface area contributed by atoms with Gasteiger partial charge in [0.2, 0.25) is 0 Å². The van der Waals surface area contributed by atoms with Gasteiger partial charge in [0.1, 0.15) is 17.4 Å². The predicted molar refractivity (Wildman–Crippen MR) is 113 cm³/mol. The lowest BCUT2D eigenvalue weighted by Crippen LogP contribution is -2.13. The van der Waals surface area contributed by atoms with Crippen LogP contribution in [0.4, 0.5) is 5.69 Å². The fourth-order valence-corrected chi connectivity index (χ4v) is 2.90. The first-order valence-electron chi connectivity index (χ1n) is 8.81. The standard InChI is InChI=1S/C22H23BrN2O2/c1-5-27-21-10-15(4)16(12-20(21)14(2)3)11-17(13-24)22(26)25-19-8-6-18(23)7-9-19/h6-12,14H,5H2,1-4H3,(H,25,26)/b17-11+. The lowest BCUT2D eigenvalue weighted by atomic mass is 9.95. The van der Waals surface area contributed by atoms with E-state index < -0.39 is 5.91 Å². The van der Waals surface area contributed by atoms with Crippen molar-refractivity contribution in [2.24, 2.45) is 0 Å². The Balaban J connectivity index is 2.36. The summed E-state index contributed by atoms with van der Waals surface area (Å²) in [4.78, 5) is 12.5. The van der Waals surface area contributed by atoms with Crippen LogP contribution in [0.25, 0.3) is 6.08 Å². The topological polar surface area (TPSA) is 62.1 Å². The molecule has 140 valence electrons. The van der Waals surface area contributed by atoms with Gasteiger partial charge in [0.25, 0.3) is 5.91 Å². The Morgan fingerprint density at radius 3 is 2.52 bits per heavy atom. The van der Waals surface area contributed by atoms with Crippen molar-refractivity contribution in [1.29, 1.82) is 5.26 Å². The Hall–Kier alpha value is -2.58. The van der Waals surface area contributed by atoms with E-state index in [0.717, 1.165) is 26.9 Å². The van der Waals surface area contributed by atoms with Gasteiger partial charge in [-0.2, -0.15) is 5.26 Å². The van der Waals surface area contributed by atoms with Crippen LogP contribution < -0.4 is 10.1 Å². The van der Waals surface area contributed by atoms with Crippen LogP contribution >= 0.6 is 15.9 Å². The minimum Gasteiger partial charge on any atom is -0.494 e. The highest BCUT2D eigenvalue weighted by Gasteiger charge is 2.14. The number of rotatable bonds is 6. The molecule has 0 spiro atoms. The number of aryl methyl sites for hydroxylation is 1. The molecule has 4 nitrogen and oxygen atoms in total. The molecule has 0 unspecified atom stereocenters. The van der Waals surface area contributed by atoms with Crippen LogP contribution in [0.3, 0.4) is 0 Å². The average molecular weight is 427 g/mol. The molecule has 27 heavy (non-hydrogen) atoms. The van der Waals surface area contributed by atoms with Crippen molar-refractivity contribution < 1.29 is 9.53 Å². The summed E-state index contributed by atoms with van der Waals surface area (Å²) in [5.74, 6) is 0.681. The molecular formula is C22H23BrN2O2. The van der Waals surface area contributed by atoms with Crippen LogP contribution in [0.1, 0.15) is 43.4 Å². The maximum atomic E-state index is 12.5. The molecule has 1 N–H and O–H groups in total. The van der Waals surface area contributed by atoms with Gasteiger partial charge in [0.15, 0.2) is 0 Å². The minimum atomic E-state index is -0.431. The fourth-order valence-electron chi connectivity index (χ4n) is 2.64. The van der Waals surface area contributed by atoms with Gasteiger partial charge in [-0.3, -0.25) is 4.79 Å². The highest BCUT2D eigenvalue weighted by molar-refractivity contribution is 9.10. The number of amides is 1. The second-order valence-electron chi connectivity index (χ2n) is 6.47. The molecule has 0 saturated heterocycles. The van der Waals surface area contributed by atoms with Crippen molar-refractivity contribution in [2.75, 3.05) is 11.9 Å². The van der Waals surface area contributed by atoms with Crippen molar-refractivity contribution in [3.8, 4) is 11.8 Å². The molecule has 0 aliphatic carbocycles. The van der Waals surface area contributed by atoms with Crippen LogP contribution in [0, 0.1) is 18.3 Å². The van der Waals surface area contributed by atoms with Gasteiger partial charge in [0, 0.05) is 10.2 Å². The summed E-state index contributed by atoms with van der Waals surface area (Å²) >= 11 is 3.36. The summed E-state index contributed by atoms with van der Waals surface area (Å²) in [6.45, 7) is 8.67. The third-order valence-electron chi connectivity index (χ3n) is 4.09. The lowest BCUT2D eigenvalue weighted by Gasteiger charge is -2.16. The quantitative estimate of drug-likeness (QED) is 0.466. The second kappa shape index (κ2) is 9.38. The third-order valence-corrected chi connectivity index (χ3v) is 4.62. The number of nitrogens with zero attached hydrogens (tertiary/aromatic N) is 1. The largest absolute Gasteiger partial charge is 0.494 e. The van der Waals surface area contributed by atoms with Gasteiger partial charge in [-0.15, -0.1) is 0 Å². The number of anilines is 1. The summed E-state index contributed by atoms with van der Waals surface area (Å²) in [5, 5.41) is 12.2. The molecule has 0 bridgehead atoms. The maximum absolute atomic E-state index is 12.5. The van der Waals surface area contributed by atoms with Crippen LogP contribution in [0.2, 0.25) is 0 Å². The van der Waals surface area contributed by atoms with Crippen LogP contribution in [0.15, 0.2) is 46.4 Å². The molecule has 0 radical (unpaired) electrons. The first-order chi connectivity index (χ1) is 12.8. The second-order valence-corrected chi connectivity index (χ2v) is 7.38. The van der Waals surface area contributed by atoms with Crippen molar-refractivity contribution in [1.82, 2.24) is 0 Å². The average Bonchev–Trinajstić information content (AvgIpc) is 2.63. The number of carbonyl (C=O) groups excluding carboxylic acids is 1. The highest BCUT2D eigenvalue weighted by atomic mass is 79.9. The number of halogens is 1. The molecule has 0 heterocycles. The van der Waals surface area contributed by atoms with E-state index in [1.807, 2.05) is 44.2 Å². The van der Waals surface area contributed by atoms with E-state index in [-0.39, 0.29) is 11.5 Å². The van der Waals surface area contributed by atoms with Crippen LogP contribution in [-0.4, -0.2) is 12.5 Å². The SMILES string of the molecule is CCOc1cc(C)c(/C=C(\C#N)C(=O)Nc2ccc(Br)cc2)cc1C(C)C. The Morgan fingerprint density at radius 2 is 1.96 bits per heavy atom. The molecule has 0 fully saturated rings. The third kappa shape index (κ3) is 5.45. The Morgan fingerprint density at radius 1 is 1.30 bits per heavy atom. The molecule has 0 saturated carbocycles. The van der Waals surface area contributed by atoms with E-state index in [1.54, 1.807) is 18.2 Å². The number of hydrogen-bond acceptors (Lipinski definition) is 3. The van der Waals surface area contributed by atoms with Gasteiger partial charge < -0.3 is 10.1 Å². The summed E-state index contributed by atoms with van der Waals surface area (Å²) in [6, 6.07) is 13.2. The minimum absolute atomic E-state index is 0.0554. The van der Waals surface area contributed by atoms with E-state index in [9.17, 15) is 10.1 Å². The first kappa shape index (κ1) is 20.7. The zero-order valence-electron chi connectivity index (χ0n) is 16.0. The number of nitrogens with one attached hydrogen (secondary N) is 1. The number of nitriles is 1. The molecule has 5 heteroatoms. The van der Waals surface area contributed by atoms with Gasteiger partial charge in [-0.05, 0) is 78.9 Å². The maximum Gasteiger partial charge on any atom is 0.266 e. The smallest absolute Gasteiger partial charge is 0.266 e. The molecular weight excluding hydrogens is 404 g/mol. The van der Waals surface area contributed by atoms with Crippen LogP contribution in [0.5, 0.6) is 5.75 Å². The Bertz CT molecular complexity index is 894. The Kier molecular flexibility index (Phi) is 7.20. The van der Waals surface area contributed by atoms with Gasteiger partial charge >= 0.3 is 0 Å². The molecule has 2 rings (SSSR count). The van der Waals surface area contributed by atoms with Crippen molar-refractivity contribution >= 4 is 33.6 Å². The molecule has 0 aromatic heterocycles. The number of carbonyl (C=O) groups is 1. The van der Waals surface area contributed by atoms with Gasteiger partial charge in [-0.1, -0.05) is 29.8 Å². The molecule has 0 aliphatic rings. The summed E-state index contributed by atoms with van der Waals surface area (Å²) in [7, 11) is 0. The molecule has 2 aromatic rings. The summed E-state index contributed by atoms with van der Waals surface area (Å²) in [5.41, 5.74) is 3.53. The zero-order chi connectivity index (χ0) is 20.0. The Labute approximate surface area is 169 Å². The fraction of sp³-hybridized carbons (Fsp3) is 0.273. The van der Waals surface area contributed by atoms with Gasteiger partial charge in [-0.25, -0.2) is 0 Å². The van der Waals surface area contributed by atoms with Crippen LogP contribution in [-0.2, 0) is 4.79 Å². The van der Waals surface area contributed by atoms with E-state index in [0.29, 0.717) is 12.3 Å². The van der Waals surface area contributed by atoms with E-state index in [1.165, 1.54) is 0 Å². The molecule has 1 amide bonds. The number of benzene rings is 2. The van der Waals surface area contributed by atoms with Crippen molar-refractivity contribution in [3.63, 3.8) is 0 Å². The van der Waals surface area contributed by atoms with Gasteiger partial charge in [0.05, 0.1) is 6.61 Å². The van der Waals surface area contributed by atoms with Crippen molar-refractivity contribution in [2.45, 2.75) is 33.6 Å². The molecule has 2 aromatic carbocycles. The normalized spacial score (nSPS) is 11.2. The lowest BCUT2D eigenvalue weighted by molar-refractivity contribution is -0.112. The highest BCUT2D eigenvalue weighted by Crippen LogP contribution is 2.31. The summed E-state index contributed by atoms with van der Waals surface area (Å²) < 4.78 is 6.65. The summed E-state index contributed by atoms with van der Waals surface area (Å²) in [6.07, 6.45) is 1.63.